The third-order valence-corrected chi connectivity index (χ3v) is 3.24. The molecule has 1 aromatic rings. The van der Waals surface area contributed by atoms with Gasteiger partial charge in [0.2, 0.25) is 0 Å². The molecule has 1 saturated carbocycles. The Labute approximate surface area is 97.1 Å². The zero-order chi connectivity index (χ0) is 11.4. The average Bonchev–Trinajstić information content (AvgIpc) is 2.21. The average molecular weight is 220 g/mol. The fourth-order valence-electron chi connectivity index (χ4n) is 2.11. The van der Waals surface area contributed by atoms with Crippen LogP contribution in [-0.2, 0) is 0 Å². The number of aromatic nitrogens is 1. The van der Waals surface area contributed by atoms with Crippen LogP contribution in [0.4, 0.5) is 5.82 Å². The van der Waals surface area contributed by atoms with Gasteiger partial charge in [0.05, 0.1) is 0 Å². The molecule has 1 aliphatic rings. The summed E-state index contributed by atoms with van der Waals surface area (Å²) in [5.41, 5.74) is 1.06. The van der Waals surface area contributed by atoms with Crippen LogP contribution in [0, 0.1) is 6.92 Å². The minimum absolute atomic E-state index is 0.259. The van der Waals surface area contributed by atoms with Gasteiger partial charge in [0, 0.05) is 24.9 Å². The van der Waals surface area contributed by atoms with Crippen molar-refractivity contribution in [3.05, 3.63) is 23.9 Å². The summed E-state index contributed by atoms with van der Waals surface area (Å²) >= 11 is 0. The summed E-state index contributed by atoms with van der Waals surface area (Å²) in [5.74, 6) is 1.07. The zero-order valence-corrected chi connectivity index (χ0v) is 9.89. The quantitative estimate of drug-likeness (QED) is 0.826. The van der Waals surface area contributed by atoms with Gasteiger partial charge in [0.15, 0.2) is 0 Å². The summed E-state index contributed by atoms with van der Waals surface area (Å²) in [6, 6.07) is 6.79. The van der Waals surface area contributed by atoms with Gasteiger partial charge in [-0.2, -0.15) is 0 Å². The van der Waals surface area contributed by atoms with Gasteiger partial charge in [-0.05, 0) is 44.7 Å². The summed E-state index contributed by atoms with van der Waals surface area (Å²) in [6.07, 6.45) is 4.68. The molecule has 0 atom stereocenters. The molecule has 1 N–H and O–H groups in total. The van der Waals surface area contributed by atoms with E-state index < -0.39 is 0 Å². The zero-order valence-electron chi connectivity index (χ0n) is 9.89. The normalized spacial score (nSPS) is 15.9. The van der Waals surface area contributed by atoms with E-state index in [9.17, 15) is 0 Å². The summed E-state index contributed by atoms with van der Waals surface area (Å²) < 4.78 is 0. The molecule has 0 bridgehead atoms. The summed E-state index contributed by atoms with van der Waals surface area (Å²) in [4.78, 5) is 6.93. The molecule has 0 aromatic carbocycles. The Morgan fingerprint density at radius 3 is 2.81 bits per heavy atom. The topological polar surface area (TPSA) is 36.4 Å². The molecule has 1 aliphatic carbocycles. The van der Waals surface area contributed by atoms with E-state index >= 15 is 0 Å². The molecule has 3 nitrogen and oxygen atoms in total. The van der Waals surface area contributed by atoms with E-state index in [1.165, 1.54) is 19.3 Å². The Morgan fingerprint density at radius 2 is 2.25 bits per heavy atom. The monoisotopic (exact) mass is 220 g/mol. The fourth-order valence-corrected chi connectivity index (χ4v) is 2.11. The van der Waals surface area contributed by atoms with E-state index in [4.69, 9.17) is 5.11 Å². The number of hydrogen-bond donors (Lipinski definition) is 1. The van der Waals surface area contributed by atoms with Crippen LogP contribution < -0.4 is 4.90 Å². The molecule has 1 aromatic heterocycles. The standard InChI is InChI=1S/C13H20N2O/c1-11-5-2-8-13(14-11)15(9-4-10-16)12-6-3-7-12/h2,5,8,12,16H,3-4,6-7,9-10H2,1H3. The first kappa shape index (κ1) is 11.4. The van der Waals surface area contributed by atoms with E-state index in [-0.39, 0.29) is 6.61 Å². The molecule has 1 heterocycles. The molecule has 88 valence electrons. The molecular weight excluding hydrogens is 200 g/mol. The van der Waals surface area contributed by atoms with Gasteiger partial charge in [0.25, 0.3) is 0 Å². The number of rotatable bonds is 5. The number of nitrogens with zero attached hydrogens (tertiary/aromatic N) is 2. The van der Waals surface area contributed by atoms with Gasteiger partial charge in [0.1, 0.15) is 5.82 Å². The minimum atomic E-state index is 0.259. The number of aliphatic hydroxyl groups is 1. The molecule has 0 radical (unpaired) electrons. The Hall–Kier alpha value is -1.09. The Bertz CT molecular complexity index is 336. The highest BCUT2D eigenvalue weighted by molar-refractivity contribution is 5.41. The molecule has 0 saturated heterocycles. The third-order valence-electron chi connectivity index (χ3n) is 3.24. The van der Waals surface area contributed by atoms with Crippen molar-refractivity contribution < 1.29 is 5.11 Å². The van der Waals surface area contributed by atoms with Crippen LogP contribution in [0.5, 0.6) is 0 Å². The Morgan fingerprint density at radius 1 is 1.44 bits per heavy atom. The lowest BCUT2D eigenvalue weighted by atomic mass is 9.91. The highest BCUT2D eigenvalue weighted by atomic mass is 16.3. The summed E-state index contributed by atoms with van der Waals surface area (Å²) in [6.45, 7) is 3.20. The van der Waals surface area contributed by atoms with E-state index in [1.54, 1.807) is 0 Å². The second-order valence-electron chi connectivity index (χ2n) is 4.49. The molecule has 16 heavy (non-hydrogen) atoms. The first-order valence-electron chi connectivity index (χ1n) is 6.12. The van der Waals surface area contributed by atoms with Crippen molar-refractivity contribution in [2.45, 2.75) is 38.6 Å². The van der Waals surface area contributed by atoms with Crippen molar-refractivity contribution in [3.8, 4) is 0 Å². The smallest absolute Gasteiger partial charge is 0.129 e. The lowest BCUT2D eigenvalue weighted by molar-refractivity contribution is 0.282. The van der Waals surface area contributed by atoms with Crippen molar-refractivity contribution >= 4 is 5.82 Å². The van der Waals surface area contributed by atoms with Gasteiger partial charge < -0.3 is 10.0 Å². The van der Waals surface area contributed by atoms with Crippen LogP contribution in [0.25, 0.3) is 0 Å². The van der Waals surface area contributed by atoms with Crippen LogP contribution in [0.15, 0.2) is 18.2 Å². The highest BCUT2D eigenvalue weighted by Crippen LogP contribution is 2.28. The molecule has 1 fully saturated rings. The molecule has 3 heteroatoms. The lowest BCUT2D eigenvalue weighted by Gasteiger charge is -2.38. The predicted molar refractivity (Wildman–Crippen MR) is 65.7 cm³/mol. The minimum Gasteiger partial charge on any atom is -0.396 e. The van der Waals surface area contributed by atoms with Gasteiger partial charge in [-0.15, -0.1) is 0 Å². The SMILES string of the molecule is Cc1cccc(N(CCCO)C2CCC2)n1. The third kappa shape index (κ3) is 2.53. The second kappa shape index (κ2) is 5.30. The van der Waals surface area contributed by atoms with Gasteiger partial charge in [-0.1, -0.05) is 6.07 Å². The van der Waals surface area contributed by atoms with Gasteiger partial charge in [-0.3, -0.25) is 0 Å². The van der Waals surface area contributed by atoms with Crippen molar-refractivity contribution in [3.63, 3.8) is 0 Å². The maximum absolute atomic E-state index is 8.94. The molecule has 0 spiro atoms. The Balaban J connectivity index is 2.10. The lowest BCUT2D eigenvalue weighted by Crippen LogP contribution is -2.41. The molecule has 2 rings (SSSR count). The number of hydrogen-bond acceptors (Lipinski definition) is 3. The largest absolute Gasteiger partial charge is 0.396 e. The first-order valence-corrected chi connectivity index (χ1v) is 6.12. The van der Waals surface area contributed by atoms with Gasteiger partial charge in [-0.25, -0.2) is 4.98 Å². The van der Waals surface area contributed by atoms with E-state index in [0.717, 1.165) is 24.5 Å². The van der Waals surface area contributed by atoms with Crippen LogP contribution >= 0.6 is 0 Å². The maximum Gasteiger partial charge on any atom is 0.129 e. The van der Waals surface area contributed by atoms with Crippen LogP contribution in [-0.4, -0.2) is 29.3 Å². The van der Waals surface area contributed by atoms with E-state index in [0.29, 0.717) is 6.04 Å². The number of aliphatic hydroxyl groups excluding tert-OH is 1. The summed E-state index contributed by atoms with van der Waals surface area (Å²) in [5, 5.41) is 8.94. The predicted octanol–water partition coefficient (Wildman–Crippen LogP) is 2.13. The van der Waals surface area contributed by atoms with Crippen molar-refractivity contribution in [2.24, 2.45) is 0 Å². The fraction of sp³-hybridized carbons (Fsp3) is 0.615. The van der Waals surface area contributed by atoms with Crippen LogP contribution in [0.1, 0.15) is 31.4 Å². The Kier molecular flexibility index (Phi) is 3.78. The summed E-state index contributed by atoms with van der Waals surface area (Å²) in [7, 11) is 0. The van der Waals surface area contributed by atoms with Gasteiger partial charge >= 0.3 is 0 Å². The molecule has 0 unspecified atom stereocenters. The van der Waals surface area contributed by atoms with E-state index in [1.807, 2.05) is 13.0 Å². The van der Waals surface area contributed by atoms with Crippen LogP contribution in [0.3, 0.4) is 0 Å². The maximum atomic E-state index is 8.94. The number of aryl methyl sites for hydroxylation is 1. The van der Waals surface area contributed by atoms with Crippen molar-refractivity contribution in [2.75, 3.05) is 18.1 Å². The van der Waals surface area contributed by atoms with Crippen molar-refractivity contribution in [1.29, 1.82) is 0 Å². The number of anilines is 1. The van der Waals surface area contributed by atoms with E-state index in [2.05, 4.69) is 22.0 Å². The highest BCUT2D eigenvalue weighted by Gasteiger charge is 2.25. The van der Waals surface area contributed by atoms with Crippen molar-refractivity contribution in [1.82, 2.24) is 4.98 Å². The number of pyridine rings is 1. The van der Waals surface area contributed by atoms with Crippen LogP contribution in [0.2, 0.25) is 0 Å². The second-order valence-corrected chi connectivity index (χ2v) is 4.49. The molecular formula is C13H20N2O. The molecule has 0 amide bonds. The first-order chi connectivity index (χ1) is 7.81. The molecule has 0 aliphatic heterocycles.